The molecule has 0 amide bonds. The smallest absolute Gasteiger partial charge is 0.0403 e. The summed E-state index contributed by atoms with van der Waals surface area (Å²) >= 11 is 3.98. The van der Waals surface area contributed by atoms with Gasteiger partial charge in [-0.25, -0.2) is 0 Å². The molecule has 0 saturated carbocycles. The third kappa shape index (κ3) is 3.17. The van der Waals surface area contributed by atoms with Gasteiger partial charge in [-0.15, -0.1) is 23.7 Å². The Balaban J connectivity index is 0.000000845. The maximum Gasteiger partial charge on any atom is 0.0403 e. The third-order valence-corrected chi connectivity index (χ3v) is 4.51. The van der Waals surface area contributed by atoms with Gasteiger partial charge in [-0.2, -0.15) is 11.8 Å². The molecule has 2 heterocycles. The van der Waals surface area contributed by atoms with E-state index in [1.165, 1.54) is 25.3 Å². The maximum absolute atomic E-state index is 3.42. The second-order valence-corrected chi connectivity index (χ2v) is 5.20. The van der Waals surface area contributed by atoms with Crippen LogP contribution in [0.25, 0.3) is 0 Å². The fourth-order valence-corrected chi connectivity index (χ4v) is 3.60. The number of hydrogen-bond donors (Lipinski definition) is 1. The summed E-state index contributed by atoms with van der Waals surface area (Å²) in [5.41, 5.74) is 0. The SMILES string of the molecule is Cl.c1csc(C2CCNCCS2)c1. The van der Waals surface area contributed by atoms with Gasteiger partial charge < -0.3 is 5.32 Å². The molecule has 1 aliphatic heterocycles. The lowest BCUT2D eigenvalue weighted by molar-refractivity contribution is 0.690. The molecule has 0 spiro atoms. The van der Waals surface area contributed by atoms with Crippen LogP contribution in [0.2, 0.25) is 0 Å². The molecule has 74 valence electrons. The van der Waals surface area contributed by atoms with Crippen molar-refractivity contribution in [3.63, 3.8) is 0 Å². The molecule has 0 bridgehead atoms. The van der Waals surface area contributed by atoms with Gasteiger partial charge in [-0.05, 0) is 24.4 Å². The van der Waals surface area contributed by atoms with E-state index in [2.05, 4.69) is 34.6 Å². The molecule has 1 fully saturated rings. The summed E-state index contributed by atoms with van der Waals surface area (Å²) in [6, 6.07) is 4.41. The van der Waals surface area contributed by atoms with Crippen LogP contribution < -0.4 is 5.32 Å². The molecular weight excluding hydrogens is 222 g/mol. The number of rotatable bonds is 1. The quantitative estimate of drug-likeness (QED) is 0.804. The Morgan fingerprint density at radius 3 is 3.08 bits per heavy atom. The minimum atomic E-state index is 0. The second kappa shape index (κ2) is 5.91. The van der Waals surface area contributed by atoms with Crippen LogP contribution in [0.3, 0.4) is 0 Å². The van der Waals surface area contributed by atoms with E-state index in [0.29, 0.717) is 0 Å². The van der Waals surface area contributed by atoms with Crippen LogP contribution in [0, 0.1) is 0 Å². The van der Waals surface area contributed by atoms with Crippen molar-refractivity contribution >= 4 is 35.5 Å². The monoisotopic (exact) mass is 235 g/mol. The van der Waals surface area contributed by atoms with Gasteiger partial charge in [0.1, 0.15) is 0 Å². The minimum Gasteiger partial charge on any atom is -0.316 e. The van der Waals surface area contributed by atoms with Crippen LogP contribution in [0.4, 0.5) is 0 Å². The standard InChI is InChI=1S/C9H13NS2.ClH/c1-2-8(11-6-1)9-3-4-10-5-7-12-9;/h1-2,6,9-10H,3-5,7H2;1H. The molecule has 13 heavy (non-hydrogen) atoms. The predicted octanol–water partition coefficient (Wildman–Crippen LogP) is 2.94. The highest BCUT2D eigenvalue weighted by atomic mass is 35.5. The van der Waals surface area contributed by atoms with Crippen LogP contribution in [-0.2, 0) is 0 Å². The van der Waals surface area contributed by atoms with Crippen molar-refractivity contribution in [2.24, 2.45) is 0 Å². The first kappa shape index (κ1) is 11.4. The first-order valence-electron chi connectivity index (χ1n) is 4.32. The number of nitrogens with one attached hydrogen (secondary N) is 1. The van der Waals surface area contributed by atoms with Gasteiger partial charge in [0.05, 0.1) is 0 Å². The largest absolute Gasteiger partial charge is 0.316 e. The van der Waals surface area contributed by atoms with E-state index in [1.54, 1.807) is 4.88 Å². The number of thiophene rings is 1. The van der Waals surface area contributed by atoms with E-state index in [9.17, 15) is 0 Å². The van der Waals surface area contributed by atoms with Gasteiger partial charge in [0, 0.05) is 22.4 Å². The van der Waals surface area contributed by atoms with E-state index in [-0.39, 0.29) is 12.4 Å². The summed E-state index contributed by atoms with van der Waals surface area (Å²) in [7, 11) is 0. The number of hydrogen-bond acceptors (Lipinski definition) is 3. The van der Waals surface area contributed by atoms with Gasteiger partial charge in [0.25, 0.3) is 0 Å². The molecule has 1 aliphatic rings. The molecule has 0 radical (unpaired) electrons. The number of thioether (sulfide) groups is 1. The molecule has 1 aromatic rings. The van der Waals surface area contributed by atoms with Crippen molar-refractivity contribution in [1.29, 1.82) is 0 Å². The molecule has 1 N–H and O–H groups in total. The highest BCUT2D eigenvalue weighted by Crippen LogP contribution is 2.35. The zero-order valence-electron chi connectivity index (χ0n) is 7.36. The van der Waals surface area contributed by atoms with Gasteiger partial charge in [0.15, 0.2) is 0 Å². The Morgan fingerprint density at radius 1 is 1.38 bits per heavy atom. The molecule has 1 saturated heterocycles. The summed E-state index contributed by atoms with van der Waals surface area (Å²) in [5, 5.41) is 6.35. The van der Waals surface area contributed by atoms with Gasteiger partial charge >= 0.3 is 0 Å². The van der Waals surface area contributed by atoms with E-state index < -0.39 is 0 Å². The summed E-state index contributed by atoms with van der Waals surface area (Å²) < 4.78 is 0. The highest BCUT2D eigenvalue weighted by molar-refractivity contribution is 7.99. The van der Waals surface area contributed by atoms with Gasteiger partial charge in [-0.1, -0.05) is 6.07 Å². The van der Waals surface area contributed by atoms with Crippen molar-refractivity contribution in [2.45, 2.75) is 11.7 Å². The number of halogens is 1. The molecule has 0 aliphatic carbocycles. The Hall–Kier alpha value is 0.300. The molecule has 1 unspecified atom stereocenters. The summed E-state index contributed by atoms with van der Waals surface area (Å²) in [4.78, 5) is 1.55. The predicted molar refractivity (Wildman–Crippen MR) is 64.3 cm³/mol. The third-order valence-electron chi connectivity index (χ3n) is 2.04. The first-order valence-corrected chi connectivity index (χ1v) is 6.25. The van der Waals surface area contributed by atoms with Crippen molar-refractivity contribution in [1.82, 2.24) is 5.32 Å². The Kier molecular flexibility index (Phi) is 5.17. The van der Waals surface area contributed by atoms with Crippen molar-refractivity contribution in [3.8, 4) is 0 Å². The lowest BCUT2D eigenvalue weighted by Crippen LogP contribution is -2.15. The molecular formula is C9H14ClNS2. The summed E-state index contributed by atoms with van der Waals surface area (Å²) in [5.74, 6) is 1.25. The lowest BCUT2D eigenvalue weighted by Gasteiger charge is -2.09. The maximum atomic E-state index is 3.42. The molecule has 2 rings (SSSR count). The Bertz CT molecular complexity index is 218. The molecule has 1 nitrogen and oxygen atoms in total. The van der Waals surface area contributed by atoms with Crippen LogP contribution in [0.15, 0.2) is 17.5 Å². The van der Waals surface area contributed by atoms with Crippen molar-refractivity contribution < 1.29 is 0 Å². The van der Waals surface area contributed by atoms with Crippen molar-refractivity contribution in [2.75, 3.05) is 18.8 Å². The van der Waals surface area contributed by atoms with Gasteiger partial charge in [-0.3, -0.25) is 0 Å². The van der Waals surface area contributed by atoms with Crippen LogP contribution in [0.1, 0.15) is 16.5 Å². The normalized spacial score (nSPS) is 23.2. The van der Waals surface area contributed by atoms with Crippen LogP contribution in [0.5, 0.6) is 0 Å². The van der Waals surface area contributed by atoms with E-state index >= 15 is 0 Å². The molecule has 0 aromatic carbocycles. The fraction of sp³-hybridized carbons (Fsp3) is 0.556. The highest BCUT2D eigenvalue weighted by Gasteiger charge is 2.14. The Labute approximate surface area is 93.7 Å². The van der Waals surface area contributed by atoms with Crippen LogP contribution >= 0.6 is 35.5 Å². The summed E-state index contributed by atoms with van der Waals surface area (Å²) in [6.45, 7) is 2.35. The molecule has 1 aromatic heterocycles. The Morgan fingerprint density at radius 2 is 2.31 bits per heavy atom. The minimum absolute atomic E-state index is 0. The van der Waals surface area contributed by atoms with Gasteiger partial charge in [0.2, 0.25) is 0 Å². The van der Waals surface area contributed by atoms with E-state index in [4.69, 9.17) is 0 Å². The average molecular weight is 236 g/mol. The zero-order valence-corrected chi connectivity index (χ0v) is 9.81. The van der Waals surface area contributed by atoms with E-state index in [0.717, 1.165) is 5.25 Å². The lowest BCUT2D eigenvalue weighted by atomic mass is 10.2. The molecule has 4 heteroatoms. The average Bonchev–Trinajstić information content (AvgIpc) is 2.48. The molecule has 1 atom stereocenters. The fourth-order valence-electron chi connectivity index (χ4n) is 1.41. The zero-order chi connectivity index (χ0) is 8.23. The summed E-state index contributed by atoms with van der Waals surface area (Å²) in [6.07, 6.45) is 1.28. The topological polar surface area (TPSA) is 12.0 Å². The second-order valence-electron chi connectivity index (χ2n) is 2.91. The van der Waals surface area contributed by atoms with E-state index in [1.807, 2.05) is 11.3 Å². The van der Waals surface area contributed by atoms with Crippen molar-refractivity contribution in [3.05, 3.63) is 22.4 Å². The van der Waals surface area contributed by atoms with Crippen LogP contribution in [-0.4, -0.2) is 18.8 Å². The first-order chi connectivity index (χ1) is 5.97.